The van der Waals surface area contributed by atoms with Crippen LogP contribution < -0.4 is 4.72 Å². The Morgan fingerprint density at radius 2 is 1.68 bits per heavy atom. The molecular formula is C14H21F2NOS. The number of halogens is 2. The molecule has 0 amide bonds. The largest absolute Gasteiger partial charge is 0.251 e. The lowest BCUT2D eigenvalue weighted by Crippen LogP contribution is -2.39. The average molecular weight is 289 g/mol. The molecule has 0 aromatic heterocycles. The molecule has 2 atom stereocenters. The van der Waals surface area contributed by atoms with Gasteiger partial charge in [0.1, 0.15) is 0 Å². The summed E-state index contributed by atoms with van der Waals surface area (Å²) in [6.45, 7) is 3.88. The van der Waals surface area contributed by atoms with Crippen LogP contribution in [0.2, 0.25) is 0 Å². The average Bonchev–Trinajstić information content (AvgIpc) is 2.38. The fourth-order valence-electron chi connectivity index (χ4n) is 1.61. The monoisotopic (exact) mass is 289 g/mol. The summed E-state index contributed by atoms with van der Waals surface area (Å²) in [5.41, 5.74) is 0.750. The van der Waals surface area contributed by atoms with Crippen molar-refractivity contribution in [1.29, 1.82) is 0 Å². The van der Waals surface area contributed by atoms with Gasteiger partial charge < -0.3 is 0 Å². The van der Waals surface area contributed by atoms with Gasteiger partial charge in [-0.1, -0.05) is 30.3 Å². The highest BCUT2D eigenvalue weighted by Gasteiger charge is 2.29. The first-order chi connectivity index (χ1) is 8.90. The van der Waals surface area contributed by atoms with Crippen molar-refractivity contribution in [2.24, 2.45) is 5.92 Å². The third-order valence-electron chi connectivity index (χ3n) is 2.82. The van der Waals surface area contributed by atoms with Crippen LogP contribution in [0.15, 0.2) is 30.3 Å². The molecule has 0 bridgehead atoms. The van der Waals surface area contributed by atoms with E-state index in [1.165, 1.54) is 0 Å². The molecule has 0 heterocycles. The molecule has 5 heteroatoms. The molecule has 2 nitrogen and oxygen atoms in total. The topological polar surface area (TPSA) is 29.1 Å². The van der Waals surface area contributed by atoms with E-state index in [-0.39, 0.29) is 0 Å². The Labute approximate surface area is 116 Å². The molecule has 108 valence electrons. The zero-order valence-corrected chi connectivity index (χ0v) is 12.3. The fourth-order valence-corrected chi connectivity index (χ4v) is 2.52. The maximum atomic E-state index is 13.0. The number of nitrogens with one attached hydrogen (secondary N) is 1. The van der Waals surface area contributed by atoms with Crippen molar-refractivity contribution in [1.82, 2.24) is 4.72 Å². The van der Waals surface area contributed by atoms with E-state index < -0.39 is 41.0 Å². The van der Waals surface area contributed by atoms with Crippen molar-refractivity contribution in [3.8, 4) is 0 Å². The summed E-state index contributed by atoms with van der Waals surface area (Å²) in [5.74, 6) is -0.825. The standard InChI is InChI=1S/C14H21F2NOS/c1-14(2,3)19(18)17-13(12(9-15)10-16)11-7-5-4-6-8-11/h4-8,12-13,17H,9-10H2,1-3H3. The second-order valence-electron chi connectivity index (χ2n) is 5.46. The van der Waals surface area contributed by atoms with Gasteiger partial charge in [-0.15, -0.1) is 0 Å². The SMILES string of the molecule is CC(C)(C)S(=O)NC(c1ccccc1)C(CF)CF. The van der Waals surface area contributed by atoms with Crippen LogP contribution in [0.4, 0.5) is 8.78 Å². The summed E-state index contributed by atoms with van der Waals surface area (Å²) >= 11 is 0. The number of hydrogen-bond acceptors (Lipinski definition) is 1. The van der Waals surface area contributed by atoms with Gasteiger partial charge in [0.15, 0.2) is 0 Å². The van der Waals surface area contributed by atoms with E-state index in [4.69, 9.17) is 0 Å². The molecule has 0 aliphatic heterocycles. The summed E-state index contributed by atoms with van der Waals surface area (Å²) in [6.07, 6.45) is 0. The van der Waals surface area contributed by atoms with Crippen molar-refractivity contribution in [3.05, 3.63) is 35.9 Å². The molecule has 2 unspecified atom stereocenters. The van der Waals surface area contributed by atoms with Crippen molar-refractivity contribution < 1.29 is 13.0 Å². The summed E-state index contributed by atoms with van der Waals surface area (Å²) in [5, 5.41) is 0. The van der Waals surface area contributed by atoms with E-state index in [9.17, 15) is 13.0 Å². The van der Waals surface area contributed by atoms with Crippen LogP contribution in [0.3, 0.4) is 0 Å². The molecule has 0 spiro atoms. The molecule has 1 N–H and O–H groups in total. The van der Waals surface area contributed by atoms with Gasteiger partial charge in [-0.3, -0.25) is 8.78 Å². The Kier molecular flexibility index (Phi) is 6.07. The molecule has 0 radical (unpaired) electrons. The maximum absolute atomic E-state index is 13.0. The van der Waals surface area contributed by atoms with Crippen LogP contribution in [0, 0.1) is 5.92 Å². The minimum absolute atomic E-state index is 0.482. The third-order valence-corrected chi connectivity index (χ3v) is 4.40. The number of alkyl halides is 2. The lowest BCUT2D eigenvalue weighted by atomic mass is 9.96. The predicted octanol–water partition coefficient (Wildman–Crippen LogP) is 3.33. The Morgan fingerprint density at radius 3 is 2.11 bits per heavy atom. The second kappa shape index (κ2) is 7.10. The highest BCUT2D eigenvalue weighted by Crippen LogP contribution is 2.25. The lowest BCUT2D eigenvalue weighted by Gasteiger charge is -2.28. The van der Waals surface area contributed by atoms with Gasteiger partial charge in [0.2, 0.25) is 0 Å². The van der Waals surface area contributed by atoms with Gasteiger partial charge in [-0.25, -0.2) is 8.93 Å². The zero-order valence-electron chi connectivity index (χ0n) is 11.5. The molecular weight excluding hydrogens is 268 g/mol. The molecule has 1 aromatic rings. The van der Waals surface area contributed by atoms with Crippen molar-refractivity contribution in [2.45, 2.75) is 31.6 Å². The number of hydrogen-bond donors (Lipinski definition) is 1. The predicted molar refractivity (Wildman–Crippen MR) is 75.7 cm³/mol. The molecule has 1 aromatic carbocycles. The normalized spacial score (nSPS) is 15.5. The summed E-state index contributed by atoms with van der Waals surface area (Å²) in [4.78, 5) is 0. The van der Waals surface area contributed by atoms with Gasteiger partial charge in [0, 0.05) is 5.92 Å². The smallest absolute Gasteiger partial charge is 0.0976 e. The lowest BCUT2D eigenvalue weighted by molar-refractivity contribution is 0.245. The quantitative estimate of drug-likeness (QED) is 0.855. The number of rotatable bonds is 6. The van der Waals surface area contributed by atoms with Gasteiger partial charge in [0.05, 0.1) is 35.1 Å². The molecule has 0 saturated carbocycles. The third kappa shape index (κ3) is 4.66. The van der Waals surface area contributed by atoms with Gasteiger partial charge >= 0.3 is 0 Å². The van der Waals surface area contributed by atoms with E-state index in [0.717, 1.165) is 5.56 Å². The Bertz CT molecular complexity index is 402. The zero-order chi connectivity index (χ0) is 14.5. The minimum Gasteiger partial charge on any atom is -0.251 e. The summed E-state index contributed by atoms with van der Waals surface area (Å²) < 4.78 is 40.4. The molecule has 0 aliphatic rings. The van der Waals surface area contributed by atoms with Gasteiger partial charge in [0.25, 0.3) is 0 Å². The van der Waals surface area contributed by atoms with Crippen LogP contribution >= 0.6 is 0 Å². The summed E-state index contributed by atoms with van der Waals surface area (Å²) in [7, 11) is -1.38. The molecule has 0 aliphatic carbocycles. The van der Waals surface area contributed by atoms with Crippen LogP contribution in [-0.2, 0) is 11.0 Å². The molecule has 0 fully saturated rings. The molecule has 19 heavy (non-hydrogen) atoms. The van der Waals surface area contributed by atoms with E-state index in [2.05, 4.69) is 4.72 Å². The van der Waals surface area contributed by atoms with Crippen LogP contribution in [-0.4, -0.2) is 22.3 Å². The first-order valence-electron chi connectivity index (χ1n) is 6.25. The van der Waals surface area contributed by atoms with Crippen molar-refractivity contribution in [2.75, 3.05) is 13.3 Å². The van der Waals surface area contributed by atoms with E-state index >= 15 is 0 Å². The Hall–Kier alpha value is -0.810. The second-order valence-corrected chi connectivity index (χ2v) is 7.45. The van der Waals surface area contributed by atoms with Crippen molar-refractivity contribution >= 4 is 11.0 Å². The van der Waals surface area contributed by atoms with E-state index in [1.54, 1.807) is 24.3 Å². The molecule has 0 saturated heterocycles. The van der Waals surface area contributed by atoms with Crippen LogP contribution in [0.1, 0.15) is 32.4 Å². The van der Waals surface area contributed by atoms with Gasteiger partial charge in [-0.05, 0) is 26.3 Å². The van der Waals surface area contributed by atoms with Gasteiger partial charge in [-0.2, -0.15) is 0 Å². The summed E-state index contributed by atoms with van der Waals surface area (Å²) in [6, 6.07) is 8.43. The van der Waals surface area contributed by atoms with Crippen molar-refractivity contribution in [3.63, 3.8) is 0 Å². The van der Waals surface area contributed by atoms with Crippen LogP contribution in [0.25, 0.3) is 0 Å². The van der Waals surface area contributed by atoms with Crippen LogP contribution in [0.5, 0.6) is 0 Å². The minimum atomic E-state index is -1.38. The molecule has 1 rings (SSSR count). The van der Waals surface area contributed by atoms with E-state index in [0.29, 0.717) is 0 Å². The highest BCUT2D eigenvalue weighted by atomic mass is 32.2. The number of benzene rings is 1. The van der Waals surface area contributed by atoms with E-state index in [1.807, 2.05) is 26.8 Å². The Morgan fingerprint density at radius 1 is 1.16 bits per heavy atom. The maximum Gasteiger partial charge on any atom is 0.0976 e. The Balaban J connectivity index is 2.97. The fraction of sp³-hybridized carbons (Fsp3) is 0.571. The highest BCUT2D eigenvalue weighted by molar-refractivity contribution is 7.84. The first kappa shape index (κ1) is 16.2. The first-order valence-corrected chi connectivity index (χ1v) is 7.40.